The van der Waals surface area contributed by atoms with E-state index < -0.39 is 40.7 Å². The van der Waals surface area contributed by atoms with Crippen molar-refractivity contribution in [3.63, 3.8) is 0 Å². The van der Waals surface area contributed by atoms with Crippen molar-refractivity contribution in [3.05, 3.63) is 88.5 Å². The van der Waals surface area contributed by atoms with Crippen molar-refractivity contribution in [2.24, 2.45) is 5.10 Å². The Balaban J connectivity index is 1.78. The largest absolute Gasteiger partial charge is 0.493 e. The second-order valence-electron chi connectivity index (χ2n) is 6.56. The van der Waals surface area contributed by atoms with Gasteiger partial charge in [-0.05, 0) is 29.3 Å². The third-order valence-corrected chi connectivity index (χ3v) is 4.36. The van der Waals surface area contributed by atoms with Crippen molar-refractivity contribution in [3.8, 4) is 11.5 Å². The van der Waals surface area contributed by atoms with Crippen LogP contribution in [0, 0.1) is 23.3 Å². The molecule has 0 aliphatic heterocycles. The molecule has 0 saturated heterocycles. The first-order valence-electron chi connectivity index (χ1n) is 9.20. The minimum Gasteiger partial charge on any atom is -0.493 e. The van der Waals surface area contributed by atoms with Gasteiger partial charge in [0, 0.05) is 0 Å². The molecule has 0 fully saturated rings. The number of hydrazone groups is 1. The van der Waals surface area contributed by atoms with Crippen molar-refractivity contribution in [2.75, 3.05) is 12.5 Å². The highest BCUT2D eigenvalue weighted by Gasteiger charge is 2.42. The predicted octanol–water partition coefficient (Wildman–Crippen LogP) is 6.30. The number of benzene rings is 3. The van der Waals surface area contributed by atoms with E-state index in [2.05, 4.69) is 5.10 Å². The Morgan fingerprint density at radius 2 is 1.52 bits per heavy atom. The van der Waals surface area contributed by atoms with Gasteiger partial charge in [0.15, 0.2) is 34.8 Å². The second-order valence-corrected chi connectivity index (χ2v) is 6.56. The molecule has 0 aliphatic rings. The van der Waals surface area contributed by atoms with Crippen LogP contribution in [-0.2, 0) is 12.8 Å². The summed E-state index contributed by atoms with van der Waals surface area (Å²) in [6, 6.07) is 13.8. The summed E-state index contributed by atoms with van der Waals surface area (Å²) in [5.74, 6) is -9.02. The molecule has 0 spiro atoms. The van der Waals surface area contributed by atoms with Gasteiger partial charge in [0.2, 0.25) is 0 Å². The molecule has 0 heterocycles. The average molecular weight is 472 g/mol. The lowest BCUT2D eigenvalue weighted by Gasteiger charge is -2.13. The third kappa shape index (κ3) is 5.36. The van der Waals surface area contributed by atoms with Gasteiger partial charge in [0.25, 0.3) is 0 Å². The molecule has 0 aliphatic carbocycles. The number of nitrogens with one attached hydrogen (secondary N) is 1. The van der Waals surface area contributed by atoms with Gasteiger partial charge in [-0.25, -0.2) is 17.6 Å². The zero-order valence-electron chi connectivity index (χ0n) is 16.8. The molecule has 33 heavy (non-hydrogen) atoms. The Labute approximate surface area is 183 Å². The summed E-state index contributed by atoms with van der Waals surface area (Å²) >= 11 is 0. The van der Waals surface area contributed by atoms with Crippen LogP contribution in [0.3, 0.4) is 0 Å². The number of alkyl halides is 3. The zero-order chi connectivity index (χ0) is 24.2. The smallest absolute Gasteiger partial charge is 0.422 e. The monoisotopic (exact) mass is 472 g/mol. The van der Waals surface area contributed by atoms with E-state index in [9.17, 15) is 30.7 Å². The molecule has 3 aromatic rings. The Bertz CT molecular complexity index is 1140. The van der Waals surface area contributed by atoms with Crippen LogP contribution >= 0.6 is 0 Å². The average Bonchev–Trinajstić information content (AvgIpc) is 2.78. The van der Waals surface area contributed by atoms with Gasteiger partial charge >= 0.3 is 6.18 Å². The first-order valence-corrected chi connectivity index (χ1v) is 9.20. The first kappa shape index (κ1) is 23.9. The van der Waals surface area contributed by atoms with Crippen molar-refractivity contribution in [1.82, 2.24) is 0 Å². The molecule has 0 radical (unpaired) electrons. The maximum atomic E-state index is 13.9. The van der Waals surface area contributed by atoms with E-state index in [0.29, 0.717) is 17.1 Å². The Hall–Kier alpha value is -3.76. The standard InChI is InChI=1S/C22H15F7N2O2/c1-32-15-9-13(7-8-14(15)33-11-12-5-3-2-4-6-12)10-30-31-21-19(25)17(23)16(22(27,28)29)18(24)20(21)26/h2-10,31H,11H2,1H3/b30-10+. The van der Waals surface area contributed by atoms with Crippen molar-refractivity contribution >= 4 is 11.9 Å². The zero-order valence-corrected chi connectivity index (χ0v) is 16.8. The topological polar surface area (TPSA) is 42.8 Å². The predicted molar refractivity (Wildman–Crippen MR) is 106 cm³/mol. The molecule has 174 valence electrons. The molecule has 0 saturated carbocycles. The van der Waals surface area contributed by atoms with E-state index in [4.69, 9.17) is 9.47 Å². The van der Waals surface area contributed by atoms with Gasteiger partial charge in [-0.2, -0.15) is 18.3 Å². The van der Waals surface area contributed by atoms with E-state index in [1.165, 1.54) is 25.3 Å². The molecule has 0 bridgehead atoms. The number of ether oxygens (including phenoxy) is 2. The minimum absolute atomic E-state index is 0.260. The Kier molecular flexibility index (Phi) is 7.10. The van der Waals surface area contributed by atoms with E-state index in [1.807, 2.05) is 30.3 Å². The highest BCUT2D eigenvalue weighted by molar-refractivity contribution is 5.81. The fourth-order valence-corrected chi connectivity index (χ4v) is 2.77. The number of methoxy groups -OCH3 is 1. The molecule has 0 aromatic heterocycles. The lowest BCUT2D eigenvalue weighted by molar-refractivity contribution is -0.143. The fourth-order valence-electron chi connectivity index (χ4n) is 2.77. The summed E-state index contributed by atoms with van der Waals surface area (Å²) in [5.41, 5.74) is -1.25. The number of hydrogen-bond donors (Lipinski definition) is 1. The van der Waals surface area contributed by atoms with Crippen molar-refractivity contribution in [1.29, 1.82) is 0 Å². The molecule has 1 N–H and O–H groups in total. The SMILES string of the molecule is COc1cc(/C=N/Nc2c(F)c(F)c(C(F)(F)F)c(F)c2F)ccc1OCc1ccccc1. The van der Waals surface area contributed by atoms with Crippen molar-refractivity contribution < 1.29 is 40.2 Å². The van der Waals surface area contributed by atoms with E-state index in [-0.39, 0.29) is 6.61 Å². The first-order chi connectivity index (χ1) is 15.6. The number of anilines is 1. The fraction of sp³-hybridized carbons (Fsp3) is 0.136. The van der Waals surface area contributed by atoms with Crippen LogP contribution in [0.1, 0.15) is 16.7 Å². The Morgan fingerprint density at radius 1 is 0.879 bits per heavy atom. The molecular weight excluding hydrogens is 457 g/mol. The molecule has 0 amide bonds. The highest BCUT2D eigenvalue weighted by atomic mass is 19.4. The molecule has 3 rings (SSSR count). The lowest BCUT2D eigenvalue weighted by Crippen LogP contribution is -2.16. The Morgan fingerprint density at radius 3 is 2.09 bits per heavy atom. The van der Waals surface area contributed by atoms with Gasteiger partial charge in [-0.15, -0.1) is 0 Å². The minimum atomic E-state index is -5.63. The van der Waals surface area contributed by atoms with E-state index >= 15 is 0 Å². The molecular formula is C22H15F7N2O2. The summed E-state index contributed by atoms with van der Waals surface area (Å²) in [7, 11) is 1.38. The number of halogens is 7. The van der Waals surface area contributed by atoms with Crippen LogP contribution in [0.15, 0.2) is 53.6 Å². The molecule has 3 aromatic carbocycles. The van der Waals surface area contributed by atoms with Crippen LogP contribution in [0.5, 0.6) is 11.5 Å². The molecule has 4 nitrogen and oxygen atoms in total. The van der Waals surface area contributed by atoms with Crippen LogP contribution < -0.4 is 14.9 Å². The van der Waals surface area contributed by atoms with Gasteiger partial charge in [0.1, 0.15) is 17.9 Å². The van der Waals surface area contributed by atoms with Gasteiger partial charge in [-0.1, -0.05) is 30.3 Å². The summed E-state index contributed by atoms with van der Waals surface area (Å²) in [6.45, 7) is 0.260. The van der Waals surface area contributed by atoms with Crippen LogP contribution in [0.2, 0.25) is 0 Å². The van der Waals surface area contributed by atoms with Crippen molar-refractivity contribution in [2.45, 2.75) is 12.8 Å². The number of hydrogen-bond acceptors (Lipinski definition) is 4. The normalized spacial score (nSPS) is 11.6. The maximum absolute atomic E-state index is 13.9. The van der Waals surface area contributed by atoms with E-state index in [1.54, 1.807) is 5.43 Å². The number of rotatable bonds is 7. The van der Waals surface area contributed by atoms with Gasteiger partial charge in [-0.3, -0.25) is 5.43 Å². The molecule has 11 heteroatoms. The summed E-state index contributed by atoms with van der Waals surface area (Å²) in [6.07, 6.45) is -4.62. The summed E-state index contributed by atoms with van der Waals surface area (Å²) < 4.78 is 104. The van der Waals surface area contributed by atoms with E-state index in [0.717, 1.165) is 11.8 Å². The quantitative estimate of drug-likeness (QED) is 0.190. The maximum Gasteiger partial charge on any atom is 0.422 e. The molecule has 0 atom stereocenters. The summed E-state index contributed by atoms with van der Waals surface area (Å²) in [5, 5.41) is 3.44. The molecule has 0 unspecified atom stereocenters. The lowest BCUT2D eigenvalue weighted by atomic mass is 10.1. The number of nitrogens with zero attached hydrogens (tertiary/aromatic N) is 1. The van der Waals surface area contributed by atoms with Crippen LogP contribution in [0.4, 0.5) is 36.4 Å². The summed E-state index contributed by atoms with van der Waals surface area (Å²) in [4.78, 5) is 0. The van der Waals surface area contributed by atoms with Gasteiger partial charge < -0.3 is 9.47 Å². The van der Waals surface area contributed by atoms with Gasteiger partial charge in [0.05, 0.1) is 13.3 Å². The second kappa shape index (κ2) is 9.80. The van der Waals surface area contributed by atoms with Crippen LogP contribution in [0.25, 0.3) is 0 Å². The highest BCUT2D eigenvalue weighted by Crippen LogP contribution is 2.38. The third-order valence-electron chi connectivity index (χ3n) is 4.36. The van der Waals surface area contributed by atoms with Crippen LogP contribution in [-0.4, -0.2) is 13.3 Å².